The SMILES string of the molecule is CN(Cc1nc2ccccc2n1C)c1ccnc(C(=O)NCc2ccccc2)c1. The maximum absolute atomic E-state index is 12.5. The zero-order valence-electron chi connectivity index (χ0n) is 16.5. The highest BCUT2D eigenvalue weighted by molar-refractivity contribution is 5.93. The van der Waals surface area contributed by atoms with E-state index in [4.69, 9.17) is 4.98 Å². The highest BCUT2D eigenvalue weighted by atomic mass is 16.1. The lowest BCUT2D eigenvalue weighted by molar-refractivity contribution is 0.0946. The molecule has 0 atom stereocenters. The lowest BCUT2D eigenvalue weighted by atomic mass is 10.2. The standard InChI is InChI=1S/C23H23N5O/c1-27(16-22-26-19-10-6-7-11-21(19)28(22)2)18-12-13-24-20(14-18)23(29)25-15-17-8-4-3-5-9-17/h3-14H,15-16H2,1-2H3,(H,25,29). The third-order valence-corrected chi connectivity index (χ3v) is 4.97. The van der Waals surface area contributed by atoms with E-state index >= 15 is 0 Å². The smallest absolute Gasteiger partial charge is 0.270 e. The summed E-state index contributed by atoms with van der Waals surface area (Å²) >= 11 is 0. The van der Waals surface area contributed by atoms with Crippen molar-refractivity contribution in [2.75, 3.05) is 11.9 Å². The molecule has 2 heterocycles. The van der Waals surface area contributed by atoms with E-state index < -0.39 is 0 Å². The number of fused-ring (bicyclic) bond motifs is 1. The molecule has 0 saturated heterocycles. The van der Waals surface area contributed by atoms with Crippen LogP contribution in [-0.4, -0.2) is 27.5 Å². The molecule has 6 heteroatoms. The Bertz CT molecular complexity index is 1140. The summed E-state index contributed by atoms with van der Waals surface area (Å²) in [5, 5.41) is 2.92. The van der Waals surface area contributed by atoms with E-state index in [0.717, 1.165) is 28.1 Å². The van der Waals surface area contributed by atoms with Gasteiger partial charge in [0, 0.05) is 32.5 Å². The second kappa shape index (κ2) is 8.14. The van der Waals surface area contributed by atoms with Gasteiger partial charge in [-0.1, -0.05) is 42.5 Å². The van der Waals surface area contributed by atoms with Gasteiger partial charge < -0.3 is 14.8 Å². The normalized spacial score (nSPS) is 10.8. The summed E-state index contributed by atoms with van der Waals surface area (Å²) in [5.74, 6) is 0.771. The predicted molar refractivity (Wildman–Crippen MR) is 115 cm³/mol. The number of amides is 1. The quantitative estimate of drug-likeness (QED) is 0.551. The van der Waals surface area contributed by atoms with Gasteiger partial charge in [0.05, 0.1) is 17.6 Å². The van der Waals surface area contributed by atoms with E-state index in [0.29, 0.717) is 18.8 Å². The van der Waals surface area contributed by atoms with Crippen LogP contribution in [0.15, 0.2) is 72.9 Å². The van der Waals surface area contributed by atoms with E-state index in [1.165, 1.54) is 0 Å². The van der Waals surface area contributed by atoms with Crippen LogP contribution < -0.4 is 10.2 Å². The maximum atomic E-state index is 12.5. The number of hydrogen-bond donors (Lipinski definition) is 1. The Kier molecular flexibility index (Phi) is 5.24. The second-order valence-electron chi connectivity index (χ2n) is 7.00. The molecule has 0 bridgehead atoms. The van der Waals surface area contributed by atoms with Gasteiger partial charge in [-0.3, -0.25) is 9.78 Å². The zero-order chi connectivity index (χ0) is 20.2. The van der Waals surface area contributed by atoms with Crippen molar-refractivity contribution in [3.05, 3.63) is 90.0 Å². The Labute approximate surface area is 169 Å². The summed E-state index contributed by atoms with van der Waals surface area (Å²) < 4.78 is 2.10. The van der Waals surface area contributed by atoms with Gasteiger partial charge in [0.15, 0.2) is 0 Å². The molecule has 2 aromatic carbocycles. The van der Waals surface area contributed by atoms with Crippen molar-refractivity contribution in [3.8, 4) is 0 Å². The third-order valence-electron chi connectivity index (χ3n) is 4.97. The van der Waals surface area contributed by atoms with Crippen molar-refractivity contribution in [1.82, 2.24) is 19.9 Å². The van der Waals surface area contributed by atoms with Gasteiger partial charge in [-0.2, -0.15) is 0 Å². The third kappa shape index (κ3) is 4.11. The summed E-state index contributed by atoms with van der Waals surface area (Å²) in [5.41, 5.74) is 4.45. The van der Waals surface area contributed by atoms with Gasteiger partial charge in [0.25, 0.3) is 5.91 Å². The molecule has 4 aromatic rings. The molecule has 29 heavy (non-hydrogen) atoms. The number of carbonyl (C=O) groups excluding carboxylic acids is 1. The minimum atomic E-state index is -0.188. The van der Waals surface area contributed by atoms with Gasteiger partial charge in [-0.15, -0.1) is 0 Å². The number of aryl methyl sites for hydroxylation is 1. The molecular formula is C23H23N5O. The summed E-state index contributed by atoms with van der Waals surface area (Å²) in [6.45, 7) is 1.10. The number of para-hydroxylation sites is 2. The van der Waals surface area contributed by atoms with Crippen molar-refractivity contribution in [1.29, 1.82) is 0 Å². The molecule has 0 aliphatic rings. The number of nitrogens with zero attached hydrogens (tertiary/aromatic N) is 4. The number of imidazole rings is 1. The molecule has 1 N–H and O–H groups in total. The monoisotopic (exact) mass is 385 g/mol. The van der Waals surface area contributed by atoms with Gasteiger partial charge in [0.2, 0.25) is 0 Å². The van der Waals surface area contributed by atoms with E-state index in [9.17, 15) is 4.79 Å². The lowest BCUT2D eigenvalue weighted by Gasteiger charge is -2.19. The largest absolute Gasteiger partial charge is 0.367 e. The van der Waals surface area contributed by atoms with Crippen molar-refractivity contribution in [2.45, 2.75) is 13.1 Å². The first-order valence-electron chi connectivity index (χ1n) is 9.51. The van der Waals surface area contributed by atoms with E-state index in [2.05, 4.69) is 25.8 Å². The first-order valence-corrected chi connectivity index (χ1v) is 9.51. The molecule has 1 amide bonds. The molecule has 0 unspecified atom stereocenters. The van der Waals surface area contributed by atoms with Crippen LogP contribution in [0.5, 0.6) is 0 Å². The Morgan fingerprint density at radius 2 is 1.83 bits per heavy atom. The fourth-order valence-electron chi connectivity index (χ4n) is 3.29. The first kappa shape index (κ1) is 18.7. The Morgan fingerprint density at radius 3 is 2.62 bits per heavy atom. The highest BCUT2D eigenvalue weighted by Crippen LogP contribution is 2.19. The topological polar surface area (TPSA) is 63.1 Å². The molecule has 0 saturated carbocycles. The van der Waals surface area contributed by atoms with Gasteiger partial charge in [-0.05, 0) is 29.8 Å². The second-order valence-corrected chi connectivity index (χ2v) is 7.00. The minimum Gasteiger partial charge on any atom is -0.367 e. The van der Waals surface area contributed by atoms with Crippen molar-refractivity contribution >= 4 is 22.6 Å². The molecule has 0 aliphatic carbocycles. The highest BCUT2D eigenvalue weighted by Gasteiger charge is 2.13. The van der Waals surface area contributed by atoms with E-state index in [1.54, 1.807) is 6.20 Å². The molecule has 2 aromatic heterocycles. The molecule has 146 valence electrons. The van der Waals surface area contributed by atoms with Gasteiger partial charge in [0.1, 0.15) is 11.5 Å². The molecule has 4 rings (SSSR count). The number of aromatic nitrogens is 3. The van der Waals surface area contributed by atoms with E-state index in [1.807, 2.05) is 74.8 Å². The lowest BCUT2D eigenvalue weighted by Crippen LogP contribution is -2.25. The molecule has 0 fully saturated rings. The van der Waals surface area contributed by atoms with Gasteiger partial charge in [-0.25, -0.2) is 4.98 Å². The summed E-state index contributed by atoms with van der Waals surface area (Å²) in [6.07, 6.45) is 1.66. The van der Waals surface area contributed by atoms with Crippen LogP contribution in [0.1, 0.15) is 21.9 Å². The fraction of sp³-hybridized carbons (Fsp3) is 0.174. The van der Waals surface area contributed by atoms with Crippen molar-refractivity contribution < 1.29 is 4.79 Å². The fourth-order valence-corrected chi connectivity index (χ4v) is 3.29. The number of nitrogens with one attached hydrogen (secondary N) is 1. The van der Waals surface area contributed by atoms with Crippen molar-refractivity contribution in [2.24, 2.45) is 7.05 Å². The predicted octanol–water partition coefficient (Wildman–Crippen LogP) is 3.53. The van der Waals surface area contributed by atoms with Crippen LogP contribution in [0.4, 0.5) is 5.69 Å². The van der Waals surface area contributed by atoms with E-state index in [-0.39, 0.29) is 5.91 Å². The molecule has 0 aliphatic heterocycles. The minimum absolute atomic E-state index is 0.188. The van der Waals surface area contributed by atoms with Crippen molar-refractivity contribution in [3.63, 3.8) is 0 Å². The molecule has 6 nitrogen and oxygen atoms in total. The van der Waals surface area contributed by atoms with Crippen LogP contribution in [0.3, 0.4) is 0 Å². The number of pyridine rings is 1. The molecule has 0 spiro atoms. The number of hydrogen-bond acceptors (Lipinski definition) is 4. The number of benzene rings is 2. The summed E-state index contributed by atoms with van der Waals surface area (Å²) in [7, 11) is 4.01. The molecule has 0 radical (unpaired) electrons. The van der Waals surface area contributed by atoms with Crippen LogP contribution in [-0.2, 0) is 20.1 Å². The van der Waals surface area contributed by atoms with Crippen LogP contribution in [0, 0.1) is 0 Å². The maximum Gasteiger partial charge on any atom is 0.270 e. The summed E-state index contributed by atoms with van der Waals surface area (Å²) in [6, 6.07) is 21.6. The summed E-state index contributed by atoms with van der Waals surface area (Å²) in [4.78, 5) is 23.5. The zero-order valence-corrected chi connectivity index (χ0v) is 16.5. The number of rotatable bonds is 6. The Balaban J connectivity index is 1.47. The Hall–Kier alpha value is -3.67. The first-order chi connectivity index (χ1) is 14.1. The van der Waals surface area contributed by atoms with Crippen LogP contribution in [0.2, 0.25) is 0 Å². The Morgan fingerprint density at radius 1 is 1.07 bits per heavy atom. The number of carbonyl (C=O) groups is 1. The number of anilines is 1. The average Bonchev–Trinajstić information content (AvgIpc) is 3.08. The van der Waals surface area contributed by atoms with Gasteiger partial charge >= 0.3 is 0 Å². The average molecular weight is 385 g/mol. The van der Waals surface area contributed by atoms with Crippen LogP contribution in [0.25, 0.3) is 11.0 Å². The van der Waals surface area contributed by atoms with Crippen LogP contribution >= 0.6 is 0 Å². The molecular weight excluding hydrogens is 362 g/mol.